The highest BCUT2D eigenvalue weighted by molar-refractivity contribution is 7.10. The van der Waals surface area contributed by atoms with Crippen molar-refractivity contribution in [3.8, 4) is 5.75 Å². The maximum atomic E-state index is 12.8. The molecule has 1 aliphatic rings. The molecule has 2 heterocycles. The lowest BCUT2D eigenvalue weighted by atomic mass is 10.1. The summed E-state index contributed by atoms with van der Waals surface area (Å²) >= 11 is 1.68. The van der Waals surface area contributed by atoms with Crippen molar-refractivity contribution in [2.75, 3.05) is 44.7 Å². The largest absolute Gasteiger partial charge is 0.497 e. The van der Waals surface area contributed by atoms with Gasteiger partial charge in [-0.1, -0.05) is 36.4 Å². The molecule has 0 unspecified atom stereocenters. The number of amides is 1. The van der Waals surface area contributed by atoms with Crippen LogP contribution in [0.15, 0.2) is 72.1 Å². The molecular weight excluding hydrogens is 406 g/mol. The summed E-state index contributed by atoms with van der Waals surface area (Å²) in [4.78, 5) is 18.7. The second kappa shape index (κ2) is 10.5. The fourth-order valence-corrected chi connectivity index (χ4v) is 4.74. The molecule has 0 radical (unpaired) electrons. The lowest BCUT2D eigenvalue weighted by molar-refractivity contribution is -0.121. The lowest BCUT2D eigenvalue weighted by Crippen LogP contribution is -2.47. The molecular formula is C25H29N3O2S. The Hall–Kier alpha value is -2.83. The minimum Gasteiger partial charge on any atom is -0.497 e. The molecule has 0 saturated carbocycles. The Morgan fingerprint density at radius 1 is 1.00 bits per heavy atom. The zero-order valence-electron chi connectivity index (χ0n) is 17.9. The molecule has 1 N–H and O–H groups in total. The zero-order chi connectivity index (χ0) is 21.5. The van der Waals surface area contributed by atoms with Gasteiger partial charge in [-0.15, -0.1) is 11.3 Å². The fraction of sp³-hybridized carbons (Fsp3) is 0.320. The third kappa shape index (κ3) is 5.66. The number of hydrogen-bond donors (Lipinski definition) is 1. The van der Waals surface area contributed by atoms with Gasteiger partial charge >= 0.3 is 0 Å². The van der Waals surface area contributed by atoms with E-state index in [-0.39, 0.29) is 11.9 Å². The Morgan fingerprint density at radius 3 is 2.39 bits per heavy atom. The molecule has 0 spiro atoms. The van der Waals surface area contributed by atoms with Gasteiger partial charge in [-0.2, -0.15) is 0 Å². The van der Waals surface area contributed by atoms with Gasteiger partial charge in [-0.05, 0) is 41.3 Å². The number of methoxy groups -OCH3 is 1. The summed E-state index contributed by atoms with van der Waals surface area (Å²) in [5.74, 6) is 0.976. The van der Waals surface area contributed by atoms with E-state index in [4.69, 9.17) is 4.74 Å². The van der Waals surface area contributed by atoms with Crippen molar-refractivity contribution in [2.45, 2.75) is 12.5 Å². The molecule has 3 aromatic rings. The van der Waals surface area contributed by atoms with Crippen molar-refractivity contribution < 1.29 is 9.53 Å². The van der Waals surface area contributed by atoms with Gasteiger partial charge in [0.25, 0.3) is 0 Å². The number of benzene rings is 2. The summed E-state index contributed by atoms with van der Waals surface area (Å²) in [6, 6.07) is 22.4. The van der Waals surface area contributed by atoms with Crippen LogP contribution < -0.4 is 15.0 Å². The standard InChI is InChI=1S/C25H29N3O2S/c1-30-22-11-9-21(10-12-22)28-17-15-27(16-18-28)14-13-24(29)26-25(23-8-5-19-31-23)20-6-3-2-4-7-20/h2-12,19,25H,13-18H2,1H3,(H,26,29)/t25-/m1/s1. The minimum absolute atomic E-state index is 0.0828. The van der Waals surface area contributed by atoms with Crippen molar-refractivity contribution in [1.82, 2.24) is 10.2 Å². The van der Waals surface area contributed by atoms with Crippen LogP contribution in [0.5, 0.6) is 5.75 Å². The second-order valence-corrected chi connectivity index (χ2v) is 8.68. The van der Waals surface area contributed by atoms with E-state index in [0.29, 0.717) is 6.42 Å². The number of nitrogens with one attached hydrogen (secondary N) is 1. The highest BCUT2D eigenvalue weighted by Crippen LogP contribution is 2.26. The zero-order valence-corrected chi connectivity index (χ0v) is 18.7. The van der Waals surface area contributed by atoms with Crippen molar-refractivity contribution in [3.63, 3.8) is 0 Å². The molecule has 1 fully saturated rings. The van der Waals surface area contributed by atoms with Crippen molar-refractivity contribution in [3.05, 3.63) is 82.6 Å². The Balaban J connectivity index is 1.27. The molecule has 2 aromatic carbocycles. The number of thiophene rings is 1. The molecule has 1 atom stereocenters. The molecule has 31 heavy (non-hydrogen) atoms. The molecule has 1 saturated heterocycles. The predicted octanol–water partition coefficient (Wildman–Crippen LogP) is 4.17. The van der Waals surface area contributed by atoms with Gasteiger partial charge in [0.2, 0.25) is 5.91 Å². The summed E-state index contributed by atoms with van der Waals surface area (Å²) in [6.07, 6.45) is 0.511. The van der Waals surface area contributed by atoms with E-state index in [9.17, 15) is 4.79 Å². The molecule has 1 aromatic heterocycles. The van der Waals surface area contributed by atoms with Crippen LogP contribution in [0.1, 0.15) is 22.9 Å². The molecule has 0 aliphatic carbocycles. The van der Waals surface area contributed by atoms with Crippen molar-refractivity contribution >= 4 is 22.9 Å². The van der Waals surface area contributed by atoms with E-state index in [1.54, 1.807) is 18.4 Å². The van der Waals surface area contributed by atoms with Crippen LogP contribution in [-0.2, 0) is 4.79 Å². The topological polar surface area (TPSA) is 44.8 Å². The average molecular weight is 436 g/mol. The van der Waals surface area contributed by atoms with E-state index in [1.807, 2.05) is 36.4 Å². The number of nitrogens with zero attached hydrogens (tertiary/aromatic N) is 2. The van der Waals surface area contributed by atoms with E-state index in [0.717, 1.165) is 48.9 Å². The number of ether oxygens (including phenoxy) is 1. The van der Waals surface area contributed by atoms with Crippen LogP contribution in [0.25, 0.3) is 0 Å². The summed E-state index contributed by atoms with van der Waals surface area (Å²) in [5.41, 5.74) is 2.34. The molecule has 0 bridgehead atoms. The third-order valence-corrected chi connectivity index (χ3v) is 6.67. The smallest absolute Gasteiger partial charge is 0.222 e. The van der Waals surface area contributed by atoms with Gasteiger partial charge in [0.1, 0.15) is 5.75 Å². The quantitative estimate of drug-likeness (QED) is 0.577. The van der Waals surface area contributed by atoms with Crippen molar-refractivity contribution in [1.29, 1.82) is 0 Å². The summed E-state index contributed by atoms with van der Waals surface area (Å²) in [6.45, 7) is 4.65. The lowest BCUT2D eigenvalue weighted by Gasteiger charge is -2.36. The number of hydrogen-bond acceptors (Lipinski definition) is 5. The van der Waals surface area contributed by atoms with Crippen LogP contribution in [0.4, 0.5) is 5.69 Å². The van der Waals surface area contributed by atoms with Crippen LogP contribution in [0.2, 0.25) is 0 Å². The number of rotatable bonds is 8. The van der Waals surface area contributed by atoms with E-state index in [1.165, 1.54) is 5.69 Å². The van der Waals surface area contributed by atoms with Gasteiger partial charge in [0, 0.05) is 49.7 Å². The maximum absolute atomic E-state index is 12.8. The number of carbonyl (C=O) groups is 1. The normalized spacial score (nSPS) is 15.5. The first-order valence-electron chi connectivity index (χ1n) is 10.7. The Kier molecular flexibility index (Phi) is 7.22. The van der Waals surface area contributed by atoms with Gasteiger partial charge in [0.15, 0.2) is 0 Å². The number of anilines is 1. The van der Waals surface area contributed by atoms with Crippen molar-refractivity contribution in [2.24, 2.45) is 0 Å². The molecule has 5 nitrogen and oxygen atoms in total. The first-order chi connectivity index (χ1) is 15.2. The van der Waals surface area contributed by atoms with Crippen LogP contribution in [0, 0.1) is 0 Å². The molecule has 6 heteroatoms. The Bertz CT molecular complexity index is 937. The monoisotopic (exact) mass is 435 g/mol. The first-order valence-corrected chi connectivity index (χ1v) is 11.6. The van der Waals surface area contributed by atoms with Gasteiger partial charge < -0.3 is 15.0 Å². The average Bonchev–Trinajstić information content (AvgIpc) is 3.37. The van der Waals surface area contributed by atoms with Gasteiger partial charge in [0.05, 0.1) is 13.2 Å². The fourth-order valence-electron chi connectivity index (χ4n) is 3.94. The van der Waals surface area contributed by atoms with E-state index < -0.39 is 0 Å². The second-order valence-electron chi connectivity index (χ2n) is 7.70. The highest BCUT2D eigenvalue weighted by atomic mass is 32.1. The third-order valence-electron chi connectivity index (χ3n) is 5.73. The maximum Gasteiger partial charge on any atom is 0.222 e. The first kappa shape index (κ1) is 21.4. The van der Waals surface area contributed by atoms with Crippen LogP contribution >= 0.6 is 11.3 Å². The molecule has 1 aliphatic heterocycles. The Morgan fingerprint density at radius 2 is 1.74 bits per heavy atom. The van der Waals surface area contributed by atoms with Gasteiger partial charge in [-0.25, -0.2) is 0 Å². The number of piperazine rings is 1. The highest BCUT2D eigenvalue weighted by Gasteiger charge is 2.20. The van der Waals surface area contributed by atoms with Gasteiger partial charge in [-0.3, -0.25) is 9.69 Å². The van der Waals surface area contributed by atoms with E-state index >= 15 is 0 Å². The molecule has 1 amide bonds. The van der Waals surface area contributed by atoms with Crippen LogP contribution in [-0.4, -0.2) is 50.6 Å². The summed E-state index contributed by atoms with van der Waals surface area (Å²) in [7, 11) is 1.69. The predicted molar refractivity (Wildman–Crippen MR) is 127 cm³/mol. The SMILES string of the molecule is COc1ccc(N2CCN(CCC(=O)N[C@H](c3ccccc3)c3cccs3)CC2)cc1. The Labute approximate surface area is 188 Å². The summed E-state index contributed by atoms with van der Waals surface area (Å²) in [5, 5.41) is 5.30. The molecule has 162 valence electrons. The van der Waals surface area contributed by atoms with E-state index in [2.05, 4.69) is 50.8 Å². The van der Waals surface area contributed by atoms with Crippen LogP contribution in [0.3, 0.4) is 0 Å². The number of carbonyl (C=O) groups excluding carboxylic acids is 1. The summed E-state index contributed by atoms with van der Waals surface area (Å²) < 4.78 is 5.24. The molecule has 4 rings (SSSR count). The minimum atomic E-state index is -0.0828.